The van der Waals surface area contributed by atoms with Crippen LogP contribution in [0.5, 0.6) is 5.75 Å². The monoisotopic (exact) mass is 278 g/mol. The Morgan fingerprint density at radius 3 is 2.55 bits per heavy atom. The van der Waals surface area contributed by atoms with Crippen LogP contribution >= 0.6 is 0 Å². The van der Waals surface area contributed by atoms with Crippen LogP contribution in [0.2, 0.25) is 0 Å². The molecule has 108 valence electrons. The van der Waals surface area contributed by atoms with Crippen molar-refractivity contribution in [2.45, 2.75) is 32.4 Å². The molecule has 0 aliphatic rings. The van der Waals surface area contributed by atoms with E-state index < -0.39 is 5.60 Å². The van der Waals surface area contributed by atoms with Gasteiger partial charge in [-0.2, -0.15) is 5.10 Å². The van der Waals surface area contributed by atoms with E-state index in [0.717, 1.165) is 5.56 Å². The third kappa shape index (κ3) is 2.82. The van der Waals surface area contributed by atoms with Crippen molar-refractivity contribution >= 4 is 0 Å². The summed E-state index contributed by atoms with van der Waals surface area (Å²) in [6.45, 7) is 4.30. The van der Waals surface area contributed by atoms with Crippen molar-refractivity contribution in [1.29, 1.82) is 0 Å². The Morgan fingerprint density at radius 2 is 2.00 bits per heavy atom. The van der Waals surface area contributed by atoms with Crippen LogP contribution in [-0.2, 0) is 18.6 Å². The number of methoxy groups -OCH3 is 1. The smallest absolute Gasteiger partial charge is 0.162 e. The van der Waals surface area contributed by atoms with Gasteiger partial charge in [-0.25, -0.2) is 4.39 Å². The van der Waals surface area contributed by atoms with Gasteiger partial charge in [0.2, 0.25) is 0 Å². The van der Waals surface area contributed by atoms with Gasteiger partial charge in [-0.05, 0) is 31.5 Å². The average Bonchev–Trinajstić information content (AvgIpc) is 2.85. The number of hydrogen-bond acceptors (Lipinski definition) is 3. The Kier molecular flexibility index (Phi) is 4.09. The molecule has 0 radical (unpaired) electrons. The van der Waals surface area contributed by atoms with Gasteiger partial charge in [-0.1, -0.05) is 12.1 Å². The highest BCUT2D eigenvalue weighted by atomic mass is 19.1. The highest BCUT2D eigenvalue weighted by Gasteiger charge is 2.31. The van der Waals surface area contributed by atoms with E-state index in [2.05, 4.69) is 5.10 Å². The molecular weight excluding hydrogens is 259 g/mol. The van der Waals surface area contributed by atoms with E-state index in [1.54, 1.807) is 37.0 Å². The molecule has 0 aliphatic heterocycles. The van der Waals surface area contributed by atoms with E-state index in [0.29, 0.717) is 24.4 Å². The first-order valence-electron chi connectivity index (χ1n) is 6.55. The molecule has 1 atom stereocenters. The van der Waals surface area contributed by atoms with E-state index in [1.807, 2.05) is 6.92 Å². The molecule has 0 spiro atoms. The lowest BCUT2D eigenvalue weighted by Crippen LogP contribution is -2.28. The van der Waals surface area contributed by atoms with E-state index in [-0.39, 0.29) is 5.82 Å². The van der Waals surface area contributed by atoms with Crippen molar-refractivity contribution in [1.82, 2.24) is 9.78 Å². The zero-order valence-electron chi connectivity index (χ0n) is 11.9. The quantitative estimate of drug-likeness (QED) is 0.914. The fourth-order valence-corrected chi connectivity index (χ4v) is 2.38. The van der Waals surface area contributed by atoms with Crippen molar-refractivity contribution in [3.05, 3.63) is 47.5 Å². The van der Waals surface area contributed by atoms with Crippen LogP contribution in [0.3, 0.4) is 0 Å². The minimum atomic E-state index is -1.14. The van der Waals surface area contributed by atoms with E-state index >= 15 is 0 Å². The average molecular weight is 278 g/mol. The van der Waals surface area contributed by atoms with E-state index in [4.69, 9.17) is 4.74 Å². The largest absolute Gasteiger partial charge is 0.493 e. The zero-order chi connectivity index (χ0) is 14.8. The van der Waals surface area contributed by atoms with Gasteiger partial charge in [0.25, 0.3) is 0 Å². The van der Waals surface area contributed by atoms with Crippen molar-refractivity contribution in [3.63, 3.8) is 0 Å². The second-order valence-electron chi connectivity index (χ2n) is 4.95. The fourth-order valence-electron chi connectivity index (χ4n) is 2.38. The summed E-state index contributed by atoms with van der Waals surface area (Å²) >= 11 is 0. The molecule has 5 heteroatoms. The van der Waals surface area contributed by atoms with Gasteiger partial charge in [0, 0.05) is 13.0 Å². The Morgan fingerprint density at radius 1 is 1.35 bits per heavy atom. The summed E-state index contributed by atoms with van der Waals surface area (Å²) in [6.07, 6.45) is 1.95. The lowest BCUT2D eigenvalue weighted by Gasteiger charge is -2.25. The Labute approximate surface area is 117 Å². The molecule has 2 aromatic rings. The Bertz CT molecular complexity index is 555. The third-order valence-electron chi connectivity index (χ3n) is 3.30. The summed E-state index contributed by atoms with van der Waals surface area (Å²) in [4.78, 5) is 0. The summed E-state index contributed by atoms with van der Waals surface area (Å²) in [7, 11) is 1.55. The van der Waals surface area contributed by atoms with Gasteiger partial charge in [-0.15, -0.1) is 0 Å². The van der Waals surface area contributed by atoms with Crippen LogP contribution in [0, 0.1) is 5.82 Å². The van der Waals surface area contributed by atoms with Gasteiger partial charge in [0.1, 0.15) is 17.1 Å². The molecular formula is C15H19FN2O2. The van der Waals surface area contributed by atoms with Crippen LogP contribution in [0.25, 0.3) is 0 Å². The van der Waals surface area contributed by atoms with Crippen molar-refractivity contribution < 1.29 is 14.2 Å². The summed E-state index contributed by atoms with van der Waals surface area (Å²) in [5.74, 6) is 0.267. The van der Waals surface area contributed by atoms with E-state index in [1.165, 1.54) is 12.1 Å². The standard InChI is InChI=1S/C15H19FN2O2/c1-4-18-14(13(20-3)10-17-18)15(2,19)9-11-5-7-12(16)8-6-11/h5-8,10,19H,4,9H2,1-3H3. The molecule has 0 saturated carbocycles. The first-order chi connectivity index (χ1) is 9.47. The van der Waals surface area contributed by atoms with Crippen LogP contribution < -0.4 is 4.74 Å². The van der Waals surface area contributed by atoms with Crippen LogP contribution in [0.1, 0.15) is 25.1 Å². The maximum Gasteiger partial charge on any atom is 0.162 e. The summed E-state index contributed by atoms with van der Waals surface area (Å²) in [5.41, 5.74) is 0.338. The second-order valence-corrected chi connectivity index (χ2v) is 4.95. The van der Waals surface area contributed by atoms with E-state index in [9.17, 15) is 9.50 Å². The molecule has 0 amide bonds. The number of halogens is 1. The summed E-state index contributed by atoms with van der Waals surface area (Å²) < 4.78 is 19.9. The SMILES string of the molecule is CCn1ncc(OC)c1C(C)(O)Cc1ccc(F)cc1. The fraction of sp³-hybridized carbons (Fsp3) is 0.400. The zero-order valence-corrected chi connectivity index (χ0v) is 11.9. The van der Waals surface area contributed by atoms with Gasteiger partial charge < -0.3 is 9.84 Å². The minimum absolute atomic E-state index is 0.287. The molecule has 0 fully saturated rings. The van der Waals surface area contributed by atoms with Gasteiger partial charge >= 0.3 is 0 Å². The molecule has 1 aromatic carbocycles. The van der Waals surface area contributed by atoms with Crippen molar-refractivity contribution in [2.24, 2.45) is 0 Å². The molecule has 0 aliphatic carbocycles. The maximum absolute atomic E-state index is 12.9. The van der Waals surface area contributed by atoms with Gasteiger partial charge in [0.05, 0.1) is 13.3 Å². The molecule has 1 unspecified atom stereocenters. The number of nitrogens with zero attached hydrogens (tertiary/aromatic N) is 2. The molecule has 0 saturated heterocycles. The highest BCUT2D eigenvalue weighted by Crippen LogP contribution is 2.32. The maximum atomic E-state index is 12.9. The molecule has 4 nitrogen and oxygen atoms in total. The molecule has 0 bridgehead atoms. The molecule has 2 rings (SSSR count). The topological polar surface area (TPSA) is 47.3 Å². The number of hydrogen-bond donors (Lipinski definition) is 1. The summed E-state index contributed by atoms with van der Waals surface area (Å²) in [6, 6.07) is 6.12. The van der Waals surface area contributed by atoms with Crippen LogP contribution in [0.15, 0.2) is 30.5 Å². The first kappa shape index (κ1) is 14.5. The number of ether oxygens (including phenoxy) is 1. The first-order valence-corrected chi connectivity index (χ1v) is 6.55. The molecule has 1 heterocycles. The van der Waals surface area contributed by atoms with Crippen LogP contribution in [-0.4, -0.2) is 22.0 Å². The van der Waals surface area contributed by atoms with Crippen molar-refractivity contribution in [3.8, 4) is 5.75 Å². The summed E-state index contributed by atoms with van der Waals surface area (Å²) in [5, 5.41) is 15.0. The normalized spacial score (nSPS) is 14.1. The highest BCUT2D eigenvalue weighted by molar-refractivity contribution is 5.32. The third-order valence-corrected chi connectivity index (χ3v) is 3.30. The Hall–Kier alpha value is -1.88. The molecule has 20 heavy (non-hydrogen) atoms. The Balaban J connectivity index is 2.34. The predicted octanol–water partition coefficient (Wildman–Crippen LogP) is 2.50. The minimum Gasteiger partial charge on any atom is -0.493 e. The number of aryl methyl sites for hydroxylation is 1. The number of rotatable bonds is 5. The molecule has 1 N–H and O–H groups in total. The number of benzene rings is 1. The second kappa shape index (κ2) is 5.63. The number of aliphatic hydroxyl groups is 1. The van der Waals surface area contributed by atoms with Crippen molar-refractivity contribution in [2.75, 3.05) is 7.11 Å². The lowest BCUT2D eigenvalue weighted by molar-refractivity contribution is 0.0454. The number of aromatic nitrogens is 2. The van der Waals surface area contributed by atoms with Gasteiger partial charge in [0.15, 0.2) is 5.75 Å². The lowest BCUT2D eigenvalue weighted by atomic mass is 9.92. The predicted molar refractivity (Wildman–Crippen MR) is 74.1 cm³/mol. The van der Waals surface area contributed by atoms with Gasteiger partial charge in [-0.3, -0.25) is 4.68 Å². The van der Waals surface area contributed by atoms with Crippen LogP contribution in [0.4, 0.5) is 4.39 Å². The molecule has 1 aromatic heterocycles.